The maximum Gasteiger partial charge on any atom is 0.337 e. The number of hydrogen-bond donors (Lipinski definition) is 1. The lowest BCUT2D eigenvalue weighted by Gasteiger charge is -2.06. The molecule has 0 unspecified atom stereocenters. The van der Waals surface area contributed by atoms with Crippen molar-refractivity contribution in [1.82, 2.24) is 9.97 Å². The van der Waals surface area contributed by atoms with Crippen molar-refractivity contribution in [1.29, 1.82) is 0 Å². The summed E-state index contributed by atoms with van der Waals surface area (Å²) in [7, 11) is 1.26. The quantitative estimate of drug-likeness (QED) is 0.570. The average molecular weight is 362 g/mol. The average Bonchev–Trinajstić information content (AvgIpc) is 2.61. The first-order chi connectivity index (χ1) is 12.0. The van der Waals surface area contributed by atoms with E-state index in [1.807, 2.05) is 0 Å². The number of nitrogens with one attached hydrogen (secondary N) is 1. The Balaban J connectivity index is 1.92. The van der Waals surface area contributed by atoms with Gasteiger partial charge in [0.1, 0.15) is 17.5 Å². The zero-order valence-electron chi connectivity index (χ0n) is 13.0. The van der Waals surface area contributed by atoms with E-state index in [9.17, 15) is 18.4 Å². The standard InChI is InChI=1S/C17H12F2N2O3S/c1-24-17(23)9-2-4-11-13(6-9)20-15(21-16(11)22)8-25-14-7-10(18)3-5-12(14)19/h2-7H,8H2,1H3,(H,20,21,22). The van der Waals surface area contributed by atoms with E-state index in [-0.39, 0.29) is 27.6 Å². The van der Waals surface area contributed by atoms with Crippen molar-refractivity contribution >= 4 is 28.6 Å². The maximum atomic E-state index is 13.7. The van der Waals surface area contributed by atoms with E-state index in [1.165, 1.54) is 25.3 Å². The molecule has 0 aliphatic rings. The number of esters is 1. The second-order valence-corrected chi connectivity index (χ2v) is 6.12. The number of halogens is 2. The van der Waals surface area contributed by atoms with Gasteiger partial charge >= 0.3 is 5.97 Å². The molecule has 0 fully saturated rings. The van der Waals surface area contributed by atoms with Crippen LogP contribution in [0.3, 0.4) is 0 Å². The van der Waals surface area contributed by atoms with Crippen LogP contribution in [0.2, 0.25) is 0 Å². The molecule has 0 radical (unpaired) electrons. The van der Waals surface area contributed by atoms with E-state index < -0.39 is 17.6 Å². The molecule has 0 amide bonds. The maximum absolute atomic E-state index is 13.7. The fourth-order valence-electron chi connectivity index (χ4n) is 2.23. The Hall–Kier alpha value is -2.74. The Bertz CT molecular complexity index is 1020. The number of benzene rings is 2. The summed E-state index contributed by atoms with van der Waals surface area (Å²) in [6.45, 7) is 0. The summed E-state index contributed by atoms with van der Waals surface area (Å²) < 4.78 is 31.5. The predicted octanol–water partition coefficient (Wildman–Crippen LogP) is 3.28. The van der Waals surface area contributed by atoms with Crippen LogP contribution in [0, 0.1) is 11.6 Å². The molecule has 1 N–H and O–H groups in total. The molecule has 0 saturated carbocycles. The predicted molar refractivity (Wildman–Crippen MR) is 89.6 cm³/mol. The smallest absolute Gasteiger partial charge is 0.337 e. The third-order valence-corrected chi connectivity index (χ3v) is 4.48. The highest BCUT2D eigenvalue weighted by Crippen LogP contribution is 2.25. The number of methoxy groups -OCH3 is 1. The fraction of sp³-hybridized carbons (Fsp3) is 0.118. The van der Waals surface area contributed by atoms with Crippen molar-refractivity contribution in [2.24, 2.45) is 0 Å². The van der Waals surface area contributed by atoms with E-state index in [1.54, 1.807) is 0 Å². The summed E-state index contributed by atoms with van der Waals surface area (Å²) in [6.07, 6.45) is 0. The van der Waals surface area contributed by atoms with Gasteiger partial charge in [-0.15, -0.1) is 11.8 Å². The van der Waals surface area contributed by atoms with Crippen LogP contribution in [-0.2, 0) is 10.5 Å². The third kappa shape index (κ3) is 3.69. The van der Waals surface area contributed by atoms with Crippen molar-refractivity contribution in [3.63, 3.8) is 0 Å². The number of thioether (sulfide) groups is 1. The molecule has 3 aromatic rings. The van der Waals surface area contributed by atoms with Crippen molar-refractivity contribution in [2.45, 2.75) is 10.6 Å². The normalized spacial score (nSPS) is 10.8. The van der Waals surface area contributed by atoms with Gasteiger partial charge in [-0.3, -0.25) is 4.79 Å². The molecule has 0 atom stereocenters. The highest BCUT2D eigenvalue weighted by atomic mass is 32.2. The second-order valence-electron chi connectivity index (χ2n) is 5.10. The molecule has 1 aromatic heterocycles. The molecule has 128 valence electrons. The minimum absolute atomic E-state index is 0.117. The first-order valence-electron chi connectivity index (χ1n) is 7.17. The van der Waals surface area contributed by atoms with E-state index in [0.29, 0.717) is 10.9 Å². The molecule has 2 aromatic carbocycles. The Morgan fingerprint density at radius 2 is 2.04 bits per heavy atom. The highest BCUT2D eigenvalue weighted by molar-refractivity contribution is 7.98. The molecule has 5 nitrogen and oxygen atoms in total. The van der Waals surface area contributed by atoms with Crippen LogP contribution in [0.1, 0.15) is 16.2 Å². The van der Waals surface area contributed by atoms with E-state index >= 15 is 0 Å². The zero-order valence-corrected chi connectivity index (χ0v) is 13.8. The van der Waals surface area contributed by atoms with Crippen LogP contribution in [-0.4, -0.2) is 23.0 Å². The third-order valence-electron chi connectivity index (χ3n) is 3.43. The van der Waals surface area contributed by atoms with Gasteiger partial charge in [0.25, 0.3) is 5.56 Å². The Kier molecular flexibility index (Phi) is 4.80. The molecule has 3 rings (SSSR count). The van der Waals surface area contributed by atoms with Crippen LogP contribution in [0.4, 0.5) is 8.78 Å². The number of hydrogen-bond acceptors (Lipinski definition) is 5. The van der Waals surface area contributed by atoms with E-state index in [0.717, 1.165) is 30.0 Å². The van der Waals surface area contributed by atoms with Gasteiger partial charge in [0, 0.05) is 4.90 Å². The van der Waals surface area contributed by atoms with Crippen LogP contribution < -0.4 is 5.56 Å². The van der Waals surface area contributed by atoms with Gasteiger partial charge in [0.2, 0.25) is 0 Å². The Morgan fingerprint density at radius 1 is 1.24 bits per heavy atom. The SMILES string of the molecule is COC(=O)c1ccc2c(=O)[nH]c(CSc3cc(F)ccc3F)nc2c1. The van der Waals surface area contributed by atoms with Crippen molar-refractivity contribution < 1.29 is 18.3 Å². The fourth-order valence-corrected chi connectivity index (χ4v) is 3.07. The number of nitrogens with zero attached hydrogens (tertiary/aromatic N) is 1. The lowest BCUT2D eigenvalue weighted by atomic mass is 10.1. The summed E-state index contributed by atoms with van der Waals surface area (Å²) in [5.41, 5.74) is 0.210. The van der Waals surface area contributed by atoms with Gasteiger partial charge in [-0.25, -0.2) is 18.6 Å². The van der Waals surface area contributed by atoms with Gasteiger partial charge < -0.3 is 9.72 Å². The number of H-pyrrole nitrogens is 1. The van der Waals surface area contributed by atoms with Crippen LogP contribution in [0.15, 0.2) is 46.1 Å². The van der Waals surface area contributed by atoms with Gasteiger partial charge in [0.15, 0.2) is 0 Å². The zero-order chi connectivity index (χ0) is 18.0. The largest absolute Gasteiger partial charge is 0.465 e. The molecule has 0 aliphatic heterocycles. The molecule has 8 heteroatoms. The van der Waals surface area contributed by atoms with Gasteiger partial charge in [-0.2, -0.15) is 0 Å². The van der Waals surface area contributed by atoms with E-state index in [2.05, 4.69) is 14.7 Å². The van der Waals surface area contributed by atoms with Crippen molar-refractivity contribution in [2.75, 3.05) is 7.11 Å². The highest BCUT2D eigenvalue weighted by Gasteiger charge is 2.11. The molecule has 0 aliphatic carbocycles. The molecule has 0 bridgehead atoms. The lowest BCUT2D eigenvalue weighted by molar-refractivity contribution is 0.0601. The summed E-state index contributed by atoms with van der Waals surface area (Å²) in [4.78, 5) is 30.7. The first kappa shape index (κ1) is 17.1. The molecular weight excluding hydrogens is 350 g/mol. The van der Waals surface area contributed by atoms with E-state index in [4.69, 9.17) is 0 Å². The minimum Gasteiger partial charge on any atom is -0.465 e. The number of fused-ring (bicyclic) bond motifs is 1. The summed E-state index contributed by atoms with van der Waals surface area (Å²) in [5, 5.41) is 0.318. The number of aromatic amines is 1. The lowest BCUT2D eigenvalue weighted by Crippen LogP contribution is -2.12. The summed E-state index contributed by atoms with van der Waals surface area (Å²) in [5.74, 6) is -1.22. The van der Waals surface area contributed by atoms with Crippen molar-refractivity contribution in [3.8, 4) is 0 Å². The van der Waals surface area contributed by atoms with Crippen molar-refractivity contribution in [3.05, 3.63) is 69.8 Å². The molecule has 0 spiro atoms. The summed E-state index contributed by atoms with van der Waals surface area (Å²) in [6, 6.07) is 7.56. The second kappa shape index (κ2) is 7.02. The molecule has 25 heavy (non-hydrogen) atoms. The Morgan fingerprint density at radius 3 is 2.80 bits per heavy atom. The monoisotopic (exact) mass is 362 g/mol. The van der Waals surface area contributed by atoms with Gasteiger partial charge in [0.05, 0.1) is 29.3 Å². The van der Waals surface area contributed by atoms with Crippen LogP contribution in [0.25, 0.3) is 10.9 Å². The van der Waals surface area contributed by atoms with Crippen LogP contribution in [0.5, 0.6) is 0 Å². The Labute approximate surface area is 145 Å². The number of ether oxygens (including phenoxy) is 1. The molecule has 1 heterocycles. The van der Waals surface area contributed by atoms with Gasteiger partial charge in [-0.05, 0) is 36.4 Å². The first-order valence-corrected chi connectivity index (χ1v) is 8.15. The molecule has 0 saturated heterocycles. The number of aromatic nitrogens is 2. The number of rotatable bonds is 4. The molecular formula is C17H12F2N2O3S. The number of carbonyl (C=O) groups is 1. The minimum atomic E-state index is -0.553. The summed E-state index contributed by atoms with van der Waals surface area (Å²) >= 11 is 1.01. The topological polar surface area (TPSA) is 72.1 Å². The number of carbonyl (C=O) groups excluding carboxylic acids is 1. The van der Waals surface area contributed by atoms with Crippen LogP contribution >= 0.6 is 11.8 Å². The van der Waals surface area contributed by atoms with Gasteiger partial charge in [-0.1, -0.05) is 0 Å².